The van der Waals surface area contributed by atoms with Crippen molar-refractivity contribution >= 4 is 16.8 Å². The summed E-state index contributed by atoms with van der Waals surface area (Å²) in [4.78, 5) is 16.0. The van der Waals surface area contributed by atoms with Crippen LogP contribution in [0.25, 0.3) is 10.9 Å². The van der Waals surface area contributed by atoms with Gasteiger partial charge in [0, 0.05) is 29.1 Å². The Labute approximate surface area is 146 Å². The molecule has 2 heterocycles. The summed E-state index contributed by atoms with van der Waals surface area (Å²) >= 11 is 0. The number of nitrogens with zero attached hydrogens (tertiary/aromatic N) is 1. The summed E-state index contributed by atoms with van der Waals surface area (Å²) < 4.78 is 5.32. The Kier molecular flexibility index (Phi) is 3.67. The number of rotatable bonds is 4. The van der Waals surface area contributed by atoms with E-state index in [1.54, 1.807) is 6.07 Å². The van der Waals surface area contributed by atoms with Crippen molar-refractivity contribution in [2.75, 3.05) is 0 Å². The fraction of sp³-hybridized carbons (Fsp3) is 0.400. The first-order valence-corrected chi connectivity index (χ1v) is 8.77. The first-order chi connectivity index (χ1) is 11.9. The van der Waals surface area contributed by atoms with Crippen molar-refractivity contribution in [2.45, 2.75) is 45.6 Å². The maximum absolute atomic E-state index is 12.8. The van der Waals surface area contributed by atoms with Gasteiger partial charge in [-0.3, -0.25) is 4.79 Å². The Bertz CT molecular complexity index is 912. The fourth-order valence-electron chi connectivity index (χ4n) is 3.28. The number of H-pyrrole nitrogens is 1. The van der Waals surface area contributed by atoms with Gasteiger partial charge in [-0.1, -0.05) is 38.1 Å². The first kappa shape index (κ1) is 15.9. The van der Waals surface area contributed by atoms with E-state index >= 15 is 0 Å². The summed E-state index contributed by atoms with van der Waals surface area (Å²) in [6, 6.07) is 9.83. The summed E-state index contributed by atoms with van der Waals surface area (Å²) in [6.45, 7) is 6.38. The number of benzene rings is 1. The molecule has 5 nitrogen and oxygen atoms in total. The average molecular weight is 337 g/mol. The van der Waals surface area contributed by atoms with Crippen LogP contribution in [-0.2, 0) is 0 Å². The molecule has 0 bridgehead atoms. The molecule has 5 heteroatoms. The van der Waals surface area contributed by atoms with Crippen molar-refractivity contribution in [3.05, 3.63) is 53.5 Å². The Morgan fingerprint density at radius 2 is 2.12 bits per heavy atom. The van der Waals surface area contributed by atoms with Gasteiger partial charge >= 0.3 is 0 Å². The SMILES string of the molecule is CC(C)(C)C(NC(=O)c1cc(C2CC2)on1)c1cccc2[nH]ccc12. The maximum Gasteiger partial charge on any atom is 0.273 e. The van der Waals surface area contributed by atoms with Gasteiger partial charge in [0.2, 0.25) is 0 Å². The third-order valence-electron chi connectivity index (χ3n) is 4.82. The van der Waals surface area contributed by atoms with Crippen molar-refractivity contribution in [2.24, 2.45) is 5.41 Å². The topological polar surface area (TPSA) is 70.9 Å². The normalized spacial score (nSPS) is 16.1. The van der Waals surface area contributed by atoms with E-state index in [9.17, 15) is 4.79 Å². The zero-order valence-corrected chi connectivity index (χ0v) is 14.8. The minimum absolute atomic E-state index is 0.138. The van der Waals surface area contributed by atoms with Crippen LogP contribution in [0.1, 0.15) is 67.4 Å². The van der Waals surface area contributed by atoms with Crippen molar-refractivity contribution in [1.29, 1.82) is 0 Å². The van der Waals surface area contributed by atoms with E-state index in [4.69, 9.17) is 4.52 Å². The molecule has 0 radical (unpaired) electrons. The lowest BCUT2D eigenvalue weighted by Gasteiger charge is -2.32. The number of hydrogen-bond donors (Lipinski definition) is 2. The molecule has 4 rings (SSSR count). The highest BCUT2D eigenvalue weighted by atomic mass is 16.5. The van der Waals surface area contributed by atoms with E-state index in [0.29, 0.717) is 11.6 Å². The van der Waals surface area contributed by atoms with Crippen LogP contribution >= 0.6 is 0 Å². The number of aromatic amines is 1. The standard InChI is InChI=1S/C20H23N3O2/c1-20(2,3)18(14-5-4-6-15-13(14)9-10-21-15)22-19(24)16-11-17(25-23-16)12-7-8-12/h4-6,9-12,18,21H,7-8H2,1-3H3,(H,22,24). The second-order valence-corrected chi connectivity index (χ2v) is 7.95. The first-order valence-electron chi connectivity index (χ1n) is 8.77. The Morgan fingerprint density at radius 1 is 1.32 bits per heavy atom. The number of aromatic nitrogens is 2. The molecule has 2 N–H and O–H groups in total. The van der Waals surface area contributed by atoms with Gasteiger partial charge in [-0.25, -0.2) is 0 Å². The number of carbonyl (C=O) groups is 1. The van der Waals surface area contributed by atoms with Crippen LogP contribution in [0.3, 0.4) is 0 Å². The van der Waals surface area contributed by atoms with Gasteiger partial charge in [0.15, 0.2) is 5.69 Å². The predicted octanol–water partition coefficient (Wildman–Crippen LogP) is 4.55. The third-order valence-corrected chi connectivity index (χ3v) is 4.82. The van der Waals surface area contributed by atoms with Crippen LogP contribution in [-0.4, -0.2) is 16.0 Å². The van der Waals surface area contributed by atoms with Gasteiger partial charge in [0.25, 0.3) is 5.91 Å². The molecule has 3 aromatic rings. The number of amides is 1. The summed E-state index contributed by atoms with van der Waals surface area (Å²) in [7, 11) is 0. The Hall–Kier alpha value is -2.56. The van der Waals surface area contributed by atoms with Crippen LogP contribution in [0.2, 0.25) is 0 Å². The fourth-order valence-corrected chi connectivity index (χ4v) is 3.28. The molecule has 1 fully saturated rings. The Morgan fingerprint density at radius 3 is 2.84 bits per heavy atom. The third kappa shape index (κ3) is 3.06. The summed E-state index contributed by atoms with van der Waals surface area (Å²) in [5.74, 6) is 1.08. The quantitative estimate of drug-likeness (QED) is 0.733. The number of hydrogen-bond acceptors (Lipinski definition) is 3. The second kappa shape index (κ2) is 5.76. The Balaban J connectivity index is 1.65. The lowest BCUT2D eigenvalue weighted by molar-refractivity contribution is 0.0893. The average Bonchev–Trinajstić information content (AvgIpc) is 3.10. The van der Waals surface area contributed by atoms with Crippen molar-refractivity contribution < 1.29 is 9.32 Å². The summed E-state index contributed by atoms with van der Waals surface area (Å²) in [5.41, 5.74) is 2.38. The van der Waals surface area contributed by atoms with Crippen LogP contribution in [0, 0.1) is 5.41 Å². The maximum atomic E-state index is 12.8. The molecule has 1 atom stereocenters. The second-order valence-electron chi connectivity index (χ2n) is 7.95. The van der Waals surface area contributed by atoms with Crippen molar-refractivity contribution in [3.8, 4) is 0 Å². The highest BCUT2D eigenvalue weighted by Crippen LogP contribution is 2.40. The zero-order chi connectivity index (χ0) is 17.6. The molecule has 0 spiro atoms. The minimum Gasteiger partial charge on any atom is -0.361 e. The lowest BCUT2D eigenvalue weighted by Crippen LogP contribution is -2.36. The largest absolute Gasteiger partial charge is 0.361 e. The lowest BCUT2D eigenvalue weighted by atomic mass is 9.81. The molecular weight excluding hydrogens is 314 g/mol. The number of carbonyl (C=O) groups excluding carboxylic acids is 1. The van der Waals surface area contributed by atoms with Crippen LogP contribution in [0.15, 0.2) is 41.1 Å². The molecule has 1 aliphatic rings. The monoisotopic (exact) mass is 337 g/mol. The number of nitrogens with one attached hydrogen (secondary N) is 2. The molecule has 2 aromatic heterocycles. The van der Waals surface area contributed by atoms with Crippen LogP contribution in [0.4, 0.5) is 0 Å². The molecule has 1 aliphatic carbocycles. The number of fused-ring (bicyclic) bond motifs is 1. The predicted molar refractivity (Wildman–Crippen MR) is 96.4 cm³/mol. The molecule has 1 unspecified atom stereocenters. The highest BCUT2D eigenvalue weighted by molar-refractivity contribution is 5.93. The van der Waals surface area contributed by atoms with Crippen molar-refractivity contribution in [1.82, 2.24) is 15.5 Å². The summed E-state index contributed by atoms with van der Waals surface area (Å²) in [5, 5.41) is 8.26. The molecule has 0 saturated heterocycles. The molecule has 0 aliphatic heterocycles. The van der Waals surface area contributed by atoms with Gasteiger partial charge in [-0.05, 0) is 36.0 Å². The van der Waals surface area contributed by atoms with E-state index in [2.05, 4.69) is 48.4 Å². The van der Waals surface area contributed by atoms with Gasteiger partial charge in [-0.2, -0.15) is 0 Å². The van der Waals surface area contributed by atoms with Crippen LogP contribution in [0.5, 0.6) is 0 Å². The van der Waals surface area contributed by atoms with E-state index in [0.717, 1.165) is 35.1 Å². The molecule has 25 heavy (non-hydrogen) atoms. The zero-order valence-electron chi connectivity index (χ0n) is 14.8. The molecule has 1 saturated carbocycles. The minimum atomic E-state index is -0.192. The molecule has 130 valence electrons. The van der Waals surface area contributed by atoms with E-state index in [-0.39, 0.29) is 17.4 Å². The van der Waals surface area contributed by atoms with Gasteiger partial charge in [0.05, 0.1) is 6.04 Å². The van der Waals surface area contributed by atoms with E-state index in [1.807, 2.05) is 18.3 Å². The van der Waals surface area contributed by atoms with Gasteiger partial charge < -0.3 is 14.8 Å². The van der Waals surface area contributed by atoms with Gasteiger partial charge in [-0.15, -0.1) is 0 Å². The van der Waals surface area contributed by atoms with E-state index < -0.39 is 0 Å². The van der Waals surface area contributed by atoms with Gasteiger partial charge in [0.1, 0.15) is 5.76 Å². The molecule has 1 amide bonds. The molecular formula is C20H23N3O2. The smallest absolute Gasteiger partial charge is 0.273 e. The van der Waals surface area contributed by atoms with Crippen molar-refractivity contribution in [3.63, 3.8) is 0 Å². The summed E-state index contributed by atoms with van der Waals surface area (Å²) in [6.07, 6.45) is 4.17. The molecule has 1 aromatic carbocycles. The highest BCUT2D eigenvalue weighted by Gasteiger charge is 2.32. The van der Waals surface area contributed by atoms with Crippen LogP contribution < -0.4 is 5.32 Å². The van der Waals surface area contributed by atoms with E-state index in [1.165, 1.54) is 0 Å².